The van der Waals surface area contributed by atoms with Gasteiger partial charge in [0.2, 0.25) is 0 Å². The van der Waals surface area contributed by atoms with E-state index in [0.29, 0.717) is 5.92 Å². The lowest BCUT2D eigenvalue weighted by Crippen LogP contribution is -2.25. The van der Waals surface area contributed by atoms with Gasteiger partial charge in [-0.15, -0.1) is 0 Å². The van der Waals surface area contributed by atoms with Crippen LogP contribution in [0.3, 0.4) is 0 Å². The van der Waals surface area contributed by atoms with E-state index >= 15 is 0 Å². The highest BCUT2D eigenvalue weighted by atomic mass is 16.4. The molecule has 0 bridgehead atoms. The molecule has 3 heteroatoms. The Bertz CT molecular complexity index is 372. The van der Waals surface area contributed by atoms with Gasteiger partial charge in [-0.1, -0.05) is 24.3 Å². The molecular formula is C12H15NO2. The van der Waals surface area contributed by atoms with Crippen LogP contribution in [0.5, 0.6) is 0 Å². The number of benzene rings is 1. The molecule has 2 N–H and O–H groups in total. The highest BCUT2D eigenvalue weighted by Gasteiger charge is 2.29. The van der Waals surface area contributed by atoms with Crippen molar-refractivity contribution in [2.75, 3.05) is 7.05 Å². The minimum Gasteiger partial charge on any atom is -0.480 e. The Balaban J connectivity index is 2.36. The summed E-state index contributed by atoms with van der Waals surface area (Å²) in [4.78, 5) is 11.1. The van der Waals surface area contributed by atoms with E-state index in [1.54, 1.807) is 7.05 Å². The van der Waals surface area contributed by atoms with Crippen LogP contribution in [0.15, 0.2) is 24.3 Å². The average Bonchev–Trinajstić information content (AvgIpc) is 3.02. The highest BCUT2D eigenvalue weighted by molar-refractivity contribution is 5.76. The fraction of sp³-hybridized carbons (Fsp3) is 0.417. The minimum atomic E-state index is -0.814. The maximum Gasteiger partial charge on any atom is 0.325 e. The number of nitrogens with one attached hydrogen (secondary N) is 1. The second-order valence-electron chi connectivity index (χ2n) is 3.96. The molecule has 1 atom stereocenters. The quantitative estimate of drug-likeness (QED) is 0.789. The Morgan fingerprint density at radius 1 is 1.47 bits per heavy atom. The first kappa shape index (κ1) is 10.2. The van der Waals surface area contributed by atoms with E-state index in [0.717, 1.165) is 5.56 Å². The van der Waals surface area contributed by atoms with E-state index in [2.05, 4.69) is 5.32 Å². The van der Waals surface area contributed by atoms with E-state index in [1.807, 2.05) is 24.3 Å². The number of hydrogen-bond acceptors (Lipinski definition) is 2. The third-order valence-corrected chi connectivity index (χ3v) is 2.86. The van der Waals surface area contributed by atoms with Crippen LogP contribution in [0.2, 0.25) is 0 Å². The summed E-state index contributed by atoms with van der Waals surface area (Å²) in [6, 6.07) is 7.24. The summed E-state index contributed by atoms with van der Waals surface area (Å²) in [6.45, 7) is 0. The average molecular weight is 205 g/mol. The molecule has 0 heterocycles. The third kappa shape index (κ3) is 2.02. The SMILES string of the molecule is CNC(C(=O)O)c1ccccc1C1CC1. The predicted octanol–water partition coefficient (Wildman–Crippen LogP) is 1.91. The number of carboxylic acid groups (broad SMARTS) is 1. The van der Waals surface area contributed by atoms with Crippen molar-refractivity contribution < 1.29 is 9.90 Å². The number of aliphatic carboxylic acids is 1. The summed E-state index contributed by atoms with van der Waals surface area (Å²) < 4.78 is 0. The Labute approximate surface area is 89.1 Å². The van der Waals surface area contributed by atoms with Gasteiger partial charge in [-0.25, -0.2) is 0 Å². The lowest BCUT2D eigenvalue weighted by Gasteiger charge is -2.15. The topological polar surface area (TPSA) is 49.3 Å². The highest BCUT2D eigenvalue weighted by Crippen LogP contribution is 2.42. The standard InChI is InChI=1S/C12H15NO2/c1-13-11(12(14)15)10-5-3-2-4-9(10)8-6-7-8/h2-5,8,11,13H,6-7H2,1H3,(H,14,15). The van der Waals surface area contributed by atoms with Crippen LogP contribution < -0.4 is 5.32 Å². The fourth-order valence-electron chi connectivity index (χ4n) is 1.95. The summed E-state index contributed by atoms with van der Waals surface area (Å²) >= 11 is 0. The smallest absolute Gasteiger partial charge is 0.325 e. The molecule has 1 aromatic rings. The van der Waals surface area contributed by atoms with E-state index < -0.39 is 12.0 Å². The van der Waals surface area contributed by atoms with Crippen molar-refractivity contribution in [3.8, 4) is 0 Å². The minimum absolute atomic E-state index is 0.580. The zero-order valence-electron chi connectivity index (χ0n) is 8.73. The lowest BCUT2D eigenvalue weighted by molar-refractivity contribution is -0.139. The second kappa shape index (κ2) is 4.03. The van der Waals surface area contributed by atoms with Crippen molar-refractivity contribution in [3.63, 3.8) is 0 Å². The van der Waals surface area contributed by atoms with Crippen LogP contribution >= 0.6 is 0 Å². The van der Waals surface area contributed by atoms with Gasteiger partial charge < -0.3 is 10.4 Å². The van der Waals surface area contributed by atoms with Crippen molar-refractivity contribution in [2.24, 2.45) is 0 Å². The molecule has 3 nitrogen and oxygen atoms in total. The van der Waals surface area contributed by atoms with Crippen molar-refractivity contribution in [1.82, 2.24) is 5.32 Å². The van der Waals surface area contributed by atoms with Gasteiger partial charge in [0.1, 0.15) is 6.04 Å². The lowest BCUT2D eigenvalue weighted by atomic mass is 9.97. The van der Waals surface area contributed by atoms with Crippen LogP contribution in [0, 0.1) is 0 Å². The zero-order valence-corrected chi connectivity index (χ0v) is 8.73. The molecule has 1 saturated carbocycles. The van der Waals surface area contributed by atoms with Crippen LogP contribution in [-0.2, 0) is 4.79 Å². The number of carboxylic acids is 1. The molecule has 0 saturated heterocycles. The van der Waals surface area contributed by atoms with Crippen LogP contribution in [0.1, 0.15) is 35.9 Å². The molecular weight excluding hydrogens is 190 g/mol. The summed E-state index contributed by atoms with van der Waals surface area (Å²) in [7, 11) is 1.68. The zero-order chi connectivity index (χ0) is 10.8. The summed E-state index contributed by atoms with van der Waals surface area (Å²) in [5.74, 6) is -0.234. The van der Waals surface area contributed by atoms with Crippen molar-refractivity contribution >= 4 is 5.97 Å². The number of hydrogen-bond donors (Lipinski definition) is 2. The maximum absolute atomic E-state index is 11.1. The summed E-state index contributed by atoms with van der Waals surface area (Å²) in [5.41, 5.74) is 2.11. The monoisotopic (exact) mass is 205 g/mol. The predicted molar refractivity (Wildman–Crippen MR) is 57.9 cm³/mol. The summed E-state index contributed by atoms with van der Waals surface area (Å²) in [6.07, 6.45) is 2.38. The first-order valence-corrected chi connectivity index (χ1v) is 5.23. The van der Waals surface area contributed by atoms with Crippen molar-refractivity contribution in [2.45, 2.75) is 24.8 Å². The second-order valence-corrected chi connectivity index (χ2v) is 3.96. The third-order valence-electron chi connectivity index (χ3n) is 2.86. The van der Waals surface area contributed by atoms with Crippen LogP contribution in [-0.4, -0.2) is 18.1 Å². The first-order valence-electron chi connectivity index (χ1n) is 5.23. The van der Waals surface area contributed by atoms with Gasteiger partial charge in [0.25, 0.3) is 0 Å². The molecule has 0 aliphatic heterocycles. The van der Waals surface area contributed by atoms with E-state index in [-0.39, 0.29) is 0 Å². The number of carbonyl (C=O) groups is 1. The largest absolute Gasteiger partial charge is 0.480 e. The van der Waals surface area contributed by atoms with Gasteiger partial charge in [0.05, 0.1) is 0 Å². The van der Waals surface area contributed by atoms with E-state index in [9.17, 15) is 4.79 Å². The van der Waals surface area contributed by atoms with Crippen LogP contribution in [0.25, 0.3) is 0 Å². The molecule has 0 amide bonds. The Kier molecular flexibility index (Phi) is 2.73. The number of rotatable bonds is 4. The number of likely N-dealkylation sites (N-methyl/N-ethyl adjacent to an activating group) is 1. The molecule has 80 valence electrons. The molecule has 2 rings (SSSR count). The first-order chi connectivity index (χ1) is 7.24. The molecule has 1 aliphatic carbocycles. The normalized spacial score (nSPS) is 17.4. The Morgan fingerprint density at radius 3 is 2.67 bits per heavy atom. The van der Waals surface area contributed by atoms with Gasteiger partial charge in [-0.3, -0.25) is 4.79 Å². The Hall–Kier alpha value is -1.35. The molecule has 15 heavy (non-hydrogen) atoms. The summed E-state index contributed by atoms with van der Waals surface area (Å²) in [5, 5.41) is 11.9. The van der Waals surface area contributed by atoms with E-state index in [4.69, 9.17) is 5.11 Å². The van der Waals surface area contributed by atoms with Gasteiger partial charge in [0, 0.05) is 0 Å². The van der Waals surface area contributed by atoms with Crippen LogP contribution in [0.4, 0.5) is 0 Å². The molecule has 0 aromatic heterocycles. The van der Waals surface area contributed by atoms with Gasteiger partial charge in [-0.2, -0.15) is 0 Å². The molecule has 0 radical (unpaired) electrons. The molecule has 1 fully saturated rings. The maximum atomic E-state index is 11.1. The van der Waals surface area contributed by atoms with Gasteiger partial charge in [0.15, 0.2) is 0 Å². The molecule has 0 spiro atoms. The Morgan fingerprint density at radius 2 is 2.13 bits per heavy atom. The molecule has 1 aromatic carbocycles. The molecule has 1 aliphatic rings. The van der Waals surface area contributed by atoms with Gasteiger partial charge in [-0.05, 0) is 36.9 Å². The van der Waals surface area contributed by atoms with Gasteiger partial charge >= 0.3 is 5.97 Å². The van der Waals surface area contributed by atoms with E-state index in [1.165, 1.54) is 18.4 Å². The molecule has 1 unspecified atom stereocenters. The fourth-order valence-corrected chi connectivity index (χ4v) is 1.95. The van der Waals surface area contributed by atoms with Crippen molar-refractivity contribution in [3.05, 3.63) is 35.4 Å². The van der Waals surface area contributed by atoms with Crippen molar-refractivity contribution in [1.29, 1.82) is 0 Å².